The largest absolute Gasteiger partial charge is 0.463 e. The molecule has 0 aliphatic heterocycles. The van der Waals surface area contributed by atoms with Gasteiger partial charge in [-0.15, -0.1) is 0 Å². The predicted octanol–water partition coefficient (Wildman–Crippen LogP) is 9.25. The van der Waals surface area contributed by atoms with Gasteiger partial charge < -0.3 is 28.2 Å². The van der Waals surface area contributed by atoms with E-state index < -0.39 is 0 Å². The number of aromatic nitrogens is 14. The lowest BCUT2D eigenvalue weighted by Crippen LogP contribution is -1.92. The summed E-state index contributed by atoms with van der Waals surface area (Å²) in [6.45, 7) is 3.82. The van der Waals surface area contributed by atoms with Gasteiger partial charge in [-0.1, -0.05) is 0 Å². The van der Waals surface area contributed by atoms with Crippen molar-refractivity contribution in [1.29, 1.82) is 0 Å². The molecular formula is C45H32N14O3. The zero-order valence-corrected chi connectivity index (χ0v) is 32.9. The smallest absolute Gasteiger partial charge is 0.178 e. The van der Waals surface area contributed by atoms with Crippen LogP contribution in [0.5, 0.6) is 0 Å². The van der Waals surface area contributed by atoms with Crippen LogP contribution in [0, 0.1) is 13.8 Å². The van der Waals surface area contributed by atoms with Gasteiger partial charge in [-0.3, -0.25) is 4.98 Å². The number of rotatable bonds is 6. The quantitative estimate of drug-likeness (QED) is 0.142. The highest BCUT2D eigenvalue weighted by Crippen LogP contribution is 2.35. The Hall–Kier alpha value is -8.99. The summed E-state index contributed by atoms with van der Waals surface area (Å²) in [6, 6.07) is 24.8. The SMILES string of the molecule is Cc1nc2nc(-c3ccco3)c(-c3ccncc3)cc2[nH]1.Cc1nc2nc(-c3ccco3)c(-c3ccncn3)cc2[nH]1.c1coc(-c2nc3nc[nH]c3cc2-c2ccncn2)c1. The first-order valence-corrected chi connectivity index (χ1v) is 19.2. The van der Waals surface area contributed by atoms with Crippen molar-refractivity contribution in [3.8, 4) is 68.0 Å². The van der Waals surface area contributed by atoms with Gasteiger partial charge in [-0.05, 0) is 98.3 Å². The van der Waals surface area contributed by atoms with E-state index in [0.717, 1.165) is 79.0 Å². The topological polar surface area (TPSA) is 229 Å². The van der Waals surface area contributed by atoms with Crippen LogP contribution in [0.3, 0.4) is 0 Å². The van der Waals surface area contributed by atoms with Crippen molar-refractivity contribution in [3.05, 3.63) is 153 Å². The molecule has 0 aliphatic carbocycles. The van der Waals surface area contributed by atoms with Crippen LogP contribution in [0.4, 0.5) is 0 Å². The lowest BCUT2D eigenvalue weighted by atomic mass is 10.0. The molecule has 0 bridgehead atoms. The summed E-state index contributed by atoms with van der Waals surface area (Å²) < 4.78 is 16.5. The van der Waals surface area contributed by atoms with E-state index >= 15 is 0 Å². The van der Waals surface area contributed by atoms with E-state index in [1.54, 1.807) is 49.9 Å². The summed E-state index contributed by atoms with van der Waals surface area (Å²) in [5, 5.41) is 0. The van der Waals surface area contributed by atoms with Crippen LogP contribution in [-0.4, -0.2) is 69.8 Å². The normalized spacial score (nSPS) is 11.1. The van der Waals surface area contributed by atoms with Crippen molar-refractivity contribution in [1.82, 2.24) is 69.8 Å². The number of pyridine rings is 4. The van der Waals surface area contributed by atoms with E-state index in [1.165, 1.54) is 12.7 Å². The minimum absolute atomic E-state index is 0.647. The molecule has 12 aromatic heterocycles. The van der Waals surface area contributed by atoms with Crippen molar-refractivity contribution in [3.63, 3.8) is 0 Å². The van der Waals surface area contributed by atoms with Gasteiger partial charge in [0.2, 0.25) is 0 Å². The molecule has 0 amide bonds. The third-order valence-corrected chi connectivity index (χ3v) is 9.56. The number of nitrogens with zero attached hydrogens (tertiary/aromatic N) is 11. The fraction of sp³-hybridized carbons (Fsp3) is 0.0444. The second-order valence-electron chi connectivity index (χ2n) is 13.7. The lowest BCUT2D eigenvalue weighted by Gasteiger charge is -2.06. The van der Waals surface area contributed by atoms with Gasteiger partial charge in [0.25, 0.3) is 0 Å². The molecule has 12 rings (SSSR count). The van der Waals surface area contributed by atoms with Crippen LogP contribution >= 0.6 is 0 Å². The maximum atomic E-state index is 5.52. The van der Waals surface area contributed by atoms with Gasteiger partial charge in [-0.2, -0.15) is 0 Å². The summed E-state index contributed by atoms with van der Waals surface area (Å²) in [5.41, 5.74) is 12.2. The van der Waals surface area contributed by atoms with E-state index in [4.69, 9.17) is 13.3 Å². The van der Waals surface area contributed by atoms with Crippen LogP contribution in [0.25, 0.3) is 101 Å². The van der Waals surface area contributed by atoms with Gasteiger partial charge in [0.05, 0.1) is 53.1 Å². The van der Waals surface area contributed by atoms with Gasteiger partial charge in [0.1, 0.15) is 41.4 Å². The van der Waals surface area contributed by atoms with Crippen molar-refractivity contribution in [2.45, 2.75) is 13.8 Å². The minimum atomic E-state index is 0.647. The maximum Gasteiger partial charge on any atom is 0.178 e. The number of H-pyrrole nitrogens is 3. The molecule has 62 heavy (non-hydrogen) atoms. The Morgan fingerprint density at radius 3 is 1.40 bits per heavy atom. The molecule has 0 aromatic carbocycles. The molecule has 0 fully saturated rings. The van der Waals surface area contributed by atoms with Gasteiger partial charge in [-0.25, -0.2) is 49.8 Å². The number of fused-ring (bicyclic) bond motifs is 3. The van der Waals surface area contributed by atoms with Crippen LogP contribution in [0.15, 0.2) is 155 Å². The third kappa shape index (κ3) is 7.55. The van der Waals surface area contributed by atoms with Crippen molar-refractivity contribution < 1.29 is 13.3 Å². The number of furan rings is 3. The number of aromatic amines is 3. The Bertz CT molecular complexity index is 3210. The van der Waals surface area contributed by atoms with Crippen molar-refractivity contribution in [2.75, 3.05) is 0 Å². The molecule has 300 valence electrons. The zero-order chi connectivity index (χ0) is 41.8. The monoisotopic (exact) mass is 816 g/mol. The van der Waals surface area contributed by atoms with Crippen LogP contribution in [0.2, 0.25) is 0 Å². The molecule has 0 aliphatic rings. The molecule has 0 radical (unpaired) electrons. The average Bonchev–Trinajstić information content (AvgIpc) is 4.18. The maximum absolute atomic E-state index is 5.52. The van der Waals surface area contributed by atoms with E-state index in [-0.39, 0.29) is 0 Å². The highest BCUT2D eigenvalue weighted by molar-refractivity contribution is 5.89. The van der Waals surface area contributed by atoms with Gasteiger partial charge in [0, 0.05) is 41.5 Å². The molecule has 0 saturated carbocycles. The second kappa shape index (κ2) is 16.3. The molecule has 0 spiro atoms. The summed E-state index contributed by atoms with van der Waals surface area (Å²) in [6.07, 6.45) is 16.5. The standard InChI is InChI=1S/C16H12N4O.C15H11N5O.C14H9N5O/c1-10-18-13-9-12(11-4-6-17-7-5-11)15(20-16(13)19-10)14-3-2-8-21-14;1-9-18-12-7-10(11-4-5-16-8-17-11)14(20-15(12)19-9)13-3-2-6-21-13;1-2-12(20-5-1)13-9(10-3-4-15-7-16-10)6-11-14(19-13)18-8-17-11/h2-9H,1H3,(H,18,19,20);2-8H,1H3,(H,18,19,20);1-8H,(H,17,18,19). The average molecular weight is 817 g/mol. The van der Waals surface area contributed by atoms with E-state index in [2.05, 4.69) is 75.8 Å². The first kappa shape index (κ1) is 37.3. The lowest BCUT2D eigenvalue weighted by molar-refractivity contribution is 0.580. The van der Waals surface area contributed by atoms with Gasteiger partial charge >= 0.3 is 0 Å². The predicted molar refractivity (Wildman–Crippen MR) is 230 cm³/mol. The minimum Gasteiger partial charge on any atom is -0.463 e. The first-order chi connectivity index (χ1) is 30.5. The summed E-state index contributed by atoms with van der Waals surface area (Å²) in [4.78, 5) is 56.8. The van der Waals surface area contributed by atoms with E-state index in [0.29, 0.717) is 34.2 Å². The molecule has 3 N–H and O–H groups in total. The van der Waals surface area contributed by atoms with Crippen LogP contribution in [0.1, 0.15) is 11.6 Å². The highest BCUT2D eigenvalue weighted by Gasteiger charge is 2.18. The number of hydrogen-bond acceptors (Lipinski definition) is 14. The summed E-state index contributed by atoms with van der Waals surface area (Å²) in [7, 11) is 0. The second-order valence-corrected chi connectivity index (χ2v) is 13.7. The fourth-order valence-electron chi connectivity index (χ4n) is 6.84. The molecule has 17 nitrogen and oxygen atoms in total. The highest BCUT2D eigenvalue weighted by atomic mass is 16.3. The molecule has 0 unspecified atom stereocenters. The molecular weight excluding hydrogens is 785 g/mol. The number of nitrogens with one attached hydrogen (secondary N) is 3. The van der Waals surface area contributed by atoms with E-state index in [1.807, 2.05) is 86.6 Å². The number of hydrogen-bond donors (Lipinski definition) is 3. The van der Waals surface area contributed by atoms with Crippen LogP contribution in [-0.2, 0) is 0 Å². The Balaban J connectivity index is 0.000000111. The Morgan fingerprint density at radius 1 is 0.452 bits per heavy atom. The van der Waals surface area contributed by atoms with Gasteiger partial charge in [0.15, 0.2) is 34.2 Å². The molecule has 12 aromatic rings. The summed E-state index contributed by atoms with van der Waals surface area (Å²) in [5.74, 6) is 3.76. The summed E-state index contributed by atoms with van der Waals surface area (Å²) >= 11 is 0. The molecule has 17 heteroatoms. The van der Waals surface area contributed by atoms with Crippen molar-refractivity contribution in [2.24, 2.45) is 0 Å². The molecule has 12 heterocycles. The van der Waals surface area contributed by atoms with E-state index in [9.17, 15) is 0 Å². The Labute approximate surface area is 350 Å². The fourth-order valence-corrected chi connectivity index (χ4v) is 6.84. The van der Waals surface area contributed by atoms with Crippen molar-refractivity contribution >= 4 is 33.5 Å². The first-order valence-electron chi connectivity index (χ1n) is 19.2. The number of aryl methyl sites for hydroxylation is 2. The Morgan fingerprint density at radius 2 is 0.919 bits per heavy atom. The zero-order valence-electron chi connectivity index (χ0n) is 32.9. The van der Waals surface area contributed by atoms with Crippen LogP contribution < -0.4 is 0 Å². The Kier molecular flexibility index (Phi) is 9.83. The molecule has 0 saturated heterocycles. The number of imidazole rings is 3. The molecule has 0 atom stereocenters. The third-order valence-electron chi connectivity index (χ3n) is 9.56.